The van der Waals surface area contributed by atoms with E-state index in [-0.39, 0.29) is 5.82 Å². The van der Waals surface area contributed by atoms with E-state index in [0.29, 0.717) is 12.1 Å². The van der Waals surface area contributed by atoms with Crippen LogP contribution in [0.2, 0.25) is 0 Å². The van der Waals surface area contributed by atoms with Crippen molar-refractivity contribution in [2.24, 2.45) is 0 Å². The minimum Gasteiger partial charge on any atom is -0.308 e. The van der Waals surface area contributed by atoms with E-state index >= 15 is 0 Å². The first-order valence-electron chi connectivity index (χ1n) is 5.15. The Kier molecular flexibility index (Phi) is 4.08. The predicted octanol–water partition coefficient (Wildman–Crippen LogP) is 3.27. The quantitative estimate of drug-likeness (QED) is 0.777. The van der Waals surface area contributed by atoms with Crippen molar-refractivity contribution < 1.29 is 4.39 Å². The van der Waals surface area contributed by atoms with Gasteiger partial charge in [0.25, 0.3) is 0 Å². The van der Waals surface area contributed by atoms with Crippen molar-refractivity contribution in [2.75, 3.05) is 0 Å². The molecule has 0 aromatic heterocycles. The van der Waals surface area contributed by atoms with Crippen LogP contribution >= 0.6 is 0 Å². The average Bonchev–Trinajstić information content (AvgIpc) is 2.15. The van der Waals surface area contributed by atoms with Gasteiger partial charge in [-0.05, 0) is 24.1 Å². The van der Waals surface area contributed by atoms with Gasteiger partial charge in [-0.2, -0.15) is 0 Å². The van der Waals surface area contributed by atoms with E-state index in [2.05, 4.69) is 26.1 Å². The number of halogens is 1. The van der Waals surface area contributed by atoms with Crippen LogP contribution in [0, 0.1) is 5.82 Å². The SMILES string of the molecule is CC[C@H](NC(C)C)c1ccc(F)cc1. The van der Waals surface area contributed by atoms with Gasteiger partial charge in [-0.25, -0.2) is 4.39 Å². The van der Waals surface area contributed by atoms with Crippen molar-refractivity contribution in [1.29, 1.82) is 0 Å². The van der Waals surface area contributed by atoms with Crippen LogP contribution in [0.15, 0.2) is 24.3 Å². The second-order valence-electron chi connectivity index (χ2n) is 3.83. The van der Waals surface area contributed by atoms with Gasteiger partial charge >= 0.3 is 0 Å². The van der Waals surface area contributed by atoms with Gasteiger partial charge in [0.2, 0.25) is 0 Å². The molecule has 1 aromatic rings. The minimum absolute atomic E-state index is 0.173. The Morgan fingerprint density at radius 1 is 1.21 bits per heavy atom. The molecule has 0 radical (unpaired) electrons. The summed E-state index contributed by atoms with van der Waals surface area (Å²) in [7, 11) is 0. The van der Waals surface area contributed by atoms with Crippen LogP contribution in [0.3, 0.4) is 0 Å². The zero-order chi connectivity index (χ0) is 10.6. The first-order chi connectivity index (χ1) is 6.63. The molecule has 0 spiro atoms. The van der Waals surface area contributed by atoms with Gasteiger partial charge in [-0.15, -0.1) is 0 Å². The summed E-state index contributed by atoms with van der Waals surface area (Å²) in [5, 5.41) is 3.44. The summed E-state index contributed by atoms with van der Waals surface area (Å²) < 4.78 is 12.7. The molecular formula is C12H18FN. The summed E-state index contributed by atoms with van der Waals surface area (Å²) in [4.78, 5) is 0. The van der Waals surface area contributed by atoms with Crippen molar-refractivity contribution in [3.8, 4) is 0 Å². The van der Waals surface area contributed by atoms with Crippen LogP contribution in [0.4, 0.5) is 4.39 Å². The standard InChI is InChI=1S/C12H18FN/c1-4-12(14-9(2)3)10-5-7-11(13)8-6-10/h5-9,12,14H,4H2,1-3H3/t12-/m0/s1. The summed E-state index contributed by atoms with van der Waals surface area (Å²) in [6, 6.07) is 7.50. The van der Waals surface area contributed by atoms with Crippen molar-refractivity contribution in [1.82, 2.24) is 5.32 Å². The number of nitrogens with one attached hydrogen (secondary N) is 1. The summed E-state index contributed by atoms with van der Waals surface area (Å²) in [6.07, 6.45) is 1.02. The fourth-order valence-corrected chi connectivity index (χ4v) is 1.55. The maximum atomic E-state index is 12.7. The Balaban J connectivity index is 2.73. The third-order valence-electron chi connectivity index (χ3n) is 2.22. The number of rotatable bonds is 4. The molecule has 0 aliphatic carbocycles. The van der Waals surface area contributed by atoms with E-state index in [1.165, 1.54) is 12.1 Å². The monoisotopic (exact) mass is 195 g/mol. The smallest absolute Gasteiger partial charge is 0.123 e. The van der Waals surface area contributed by atoms with Gasteiger partial charge in [-0.1, -0.05) is 32.9 Å². The topological polar surface area (TPSA) is 12.0 Å². The molecule has 2 heteroatoms. The Morgan fingerprint density at radius 3 is 2.21 bits per heavy atom. The van der Waals surface area contributed by atoms with E-state index in [1.54, 1.807) is 0 Å². The highest BCUT2D eigenvalue weighted by atomic mass is 19.1. The summed E-state index contributed by atoms with van der Waals surface area (Å²) in [5.74, 6) is -0.173. The second kappa shape index (κ2) is 5.11. The first-order valence-corrected chi connectivity index (χ1v) is 5.15. The highest BCUT2D eigenvalue weighted by Gasteiger charge is 2.09. The van der Waals surface area contributed by atoms with Crippen LogP contribution in [0.5, 0.6) is 0 Å². The van der Waals surface area contributed by atoms with E-state index in [0.717, 1.165) is 12.0 Å². The third kappa shape index (κ3) is 3.11. The molecule has 0 aliphatic rings. The predicted molar refractivity (Wildman–Crippen MR) is 57.7 cm³/mol. The summed E-state index contributed by atoms with van der Waals surface area (Å²) in [6.45, 7) is 6.36. The van der Waals surface area contributed by atoms with E-state index in [9.17, 15) is 4.39 Å². The Bertz CT molecular complexity index is 266. The van der Waals surface area contributed by atoms with Crippen molar-refractivity contribution in [2.45, 2.75) is 39.3 Å². The van der Waals surface area contributed by atoms with Crippen LogP contribution < -0.4 is 5.32 Å². The molecule has 0 fully saturated rings. The molecule has 1 aromatic carbocycles. The van der Waals surface area contributed by atoms with Gasteiger partial charge in [0.15, 0.2) is 0 Å². The van der Waals surface area contributed by atoms with E-state index in [1.807, 2.05) is 12.1 Å². The summed E-state index contributed by atoms with van der Waals surface area (Å²) in [5.41, 5.74) is 1.16. The largest absolute Gasteiger partial charge is 0.308 e. The van der Waals surface area contributed by atoms with Gasteiger partial charge in [0.05, 0.1) is 0 Å². The number of benzene rings is 1. The zero-order valence-electron chi connectivity index (χ0n) is 9.05. The molecule has 78 valence electrons. The number of hydrogen-bond donors (Lipinski definition) is 1. The molecule has 1 atom stereocenters. The molecule has 0 heterocycles. The maximum Gasteiger partial charge on any atom is 0.123 e. The van der Waals surface area contributed by atoms with Crippen molar-refractivity contribution in [3.63, 3.8) is 0 Å². The minimum atomic E-state index is -0.173. The lowest BCUT2D eigenvalue weighted by molar-refractivity contribution is 0.465. The van der Waals surface area contributed by atoms with Crippen LogP contribution in [-0.2, 0) is 0 Å². The van der Waals surface area contributed by atoms with Crippen molar-refractivity contribution in [3.05, 3.63) is 35.6 Å². The molecule has 0 bridgehead atoms. The molecule has 1 N–H and O–H groups in total. The van der Waals surface area contributed by atoms with Gasteiger partial charge in [0, 0.05) is 12.1 Å². The fourth-order valence-electron chi connectivity index (χ4n) is 1.55. The van der Waals surface area contributed by atoms with Crippen molar-refractivity contribution >= 4 is 0 Å². The Hall–Kier alpha value is -0.890. The molecule has 0 aliphatic heterocycles. The average molecular weight is 195 g/mol. The zero-order valence-corrected chi connectivity index (χ0v) is 9.05. The van der Waals surface area contributed by atoms with Crippen LogP contribution in [0.25, 0.3) is 0 Å². The Labute approximate surface area is 85.3 Å². The van der Waals surface area contributed by atoms with E-state index < -0.39 is 0 Å². The molecule has 1 nitrogen and oxygen atoms in total. The highest BCUT2D eigenvalue weighted by Crippen LogP contribution is 2.17. The maximum absolute atomic E-state index is 12.7. The third-order valence-corrected chi connectivity index (χ3v) is 2.22. The van der Waals surface area contributed by atoms with Crippen LogP contribution in [-0.4, -0.2) is 6.04 Å². The molecule has 0 unspecified atom stereocenters. The molecule has 1 rings (SSSR count). The second-order valence-corrected chi connectivity index (χ2v) is 3.83. The number of hydrogen-bond acceptors (Lipinski definition) is 1. The molecule has 0 saturated carbocycles. The first kappa shape index (κ1) is 11.2. The lowest BCUT2D eigenvalue weighted by Crippen LogP contribution is -2.27. The molecule has 0 saturated heterocycles. The van der Waals surface area contributed by atoms with Crippen LogP contribution in [0.1, 0.15) is 38.8 Å². The molecule has 0 amide bonds. The lowest BCUT2D eigenvalue weighted by atomic mass is 10.0. The van der Waals surface area contributed by atoms with E-state index in [4.69, 9.17) is 0 Å². The molecule has 14 heavy (non-hydrogen) atoms. The van der Waals surface area contributed by atoms with Gasteiger partial charge in [0.1, 0.15) is 5.82 Å². The fraction of sp³-hybridized carbons (Fsp3) is 0.500. The summed E-state index contributed by atoms with van der Waals surface area (Å²) >= 11 is 0. The molecular weight excluding hydrogens is 177 g/mol. The van der Waals surface area contributed by atoms with Gasteiger partial charge < -0.3 is 5.32 Å². The van der Waals surface area contributed by atoms with Gasteiger partial charge in [-0.3, -0.25) is 0 Å². The highest BCUT2D eigenvalue weighted by molar-refractivity contribution is 5.19. The lowest BCUT2D eigenvalue weighted by Gasteiger charge is -2.20. The Morgan fingerprint density at radius 2 is 1.79 bits per heavy atom. The normalized spacial score (nSPS) is 13.2.